The average molecular weight is 488 g/mol. The molecule has 2 N–H and O–H groups in total. The van der Waals surface area contributed by atoms with Gasteiger partial charge in [-0.15, -0.1) is 0 Å². The molecule has 0 radical (unpaired) electrons. The summed E-state index contributed by atoms with van der Waals surface area (Å²) in [4.78, 5) is 51.2. The lowest BCUT2D eigenvalue weighted by Crippen LogP contribution is -2.41. The normalized spacial score (nSPS) is 12.2. The van der Waals surface area contributed by atoms with Gasteiger partial charge in [-0.1, -0.05) is 31.2 Å². The molecule has 0 unspecified atom stereocenters. The molecule has 0 aromatic heterocycles. The van der Waals surface area contributed by atoms with Gasteiger partial charge in [-0.3, -0.25) is 34.9 Å². The first-order valence-electron chi connectivity index (χ1n) is 11.4. The molecule has 0 bridgehead atoms. The maximum absolute atomic E-state index is 12.5. The number of ether oxygens (including phenoxy) is 2. The molecule has 4 rings (SSSR count). The van der Waals surface area contributed by atoms with Gasteiger partial charge in [0.15, 0.2) is 11.5 Å². The molecule has 3 aromatic carbocycles. The zero-order valence-electron chi connectivity index (χ0n) is 19.9. The number of hydrogen-bond acceptors (Lipinski definition) is 6. The van der Waals surface area contributed by atoms with E-state index in [1.807, 2.05) is 6.92 Å². The number of hydrazine groups is 1. The molecule has 9 nitrogen and oxygen atoms in total. The molecule has 1 heterocycles. The molecule has 0 saturated carbocycles. The van der Waals surface area contributed by atoms with Gasteiger partial charge in [0.05, 0.1) is 31.4 Å². The predicted molar refractivity (Wildman–Crippen MR) is 131 cm³/mol. The highest BCUT2D eigenvalue weighted by atomic mass is 16.5. The first kappa shape index (κ1) is 24.5. The average Bonchev–Trinajstić information content (AvgIpc) is 3.15. The van der Waals surface area contributed by atoms with Crippen molar-refractivity contribution in [3.8, 4) is 11.5 Å². The van der Waals surface area contributed by atoms with Gasteiger partial charge in [-0.05, 0) is 54.4 Å². The minimum absolute atomic E-state index is 0.0881. The maximum Gasteiger partial charge on any atom is 0.269 e. The van der Waals surface area contributed by atoms with Crippen LogP contribution >= 0.6 is 0 Å². The Hall–Kier alpha value is -4.66. The molecule has 184 valence electrons. The van der Waals surface area contributed by atoms with Crippen LogP contribution in [0, 0.1) is 0 Å². The molecule has 0 atom stereocenters. The van der Waals surface area contributed by atoms with Crippen molar-refractivity contribution in [2.24, 2.45) is 0 Å². The molecule has 3 aromatic rings. The summed E-state index contributed by atoms with van der Waals surface area (Å²) in [6.07, 6.45) is 0.834. The van der Waals surface area contributed by atoms with E-state index >= 15 is 0 Å². The van der Waals surface area contributed by atoms with E-state index in [2.05, 4.69) is 10.9 Å². The Morgan fingerprint density at radius 1 is 0.806 bits per heavy atom. The van der Waals surface area contributed by atoms with E-state index in [1.165, 1.54) is 18.1 Å². The molecule has 1 aliphatic rings. The van der Waals surface area contributed by atoms with Crippen LogP contribution in [0.5, 0.6) is 11.5 Å². The van der Waals surface area contributed by atoms with E-state index in [9.17, 15) is 19.2 Å². The number of benzene rings is 3. The molecule has 4 amide bonds. The van der Waals surface area contributed by atoms with Crippen LogP contribution in [0.2, 0.25) is 0 Å². The fourth-order valence-corrected chi connectivity index (χ4v) is 3.72. The number of nitrogens with zero attached hydrogens (tertiary/aromatic N) is 1. The van der Waals surface area contributed by atoms with Crippen LogP contribution < -0.4 is 20.3 Å². The van der Waals surface area contributed by atoms with Gasteiger partial charge >= 0.3 is 0 Å². The summed E-state index contributed by atoms with van der Waals surface area (Å²) >= 11 is 0. The lowest BCUT2D eigenvalue weighted by molar-refractivity contribution is 0.0641. The van der Waals surface area contributed by atoms with Crippen molar-refractivity contribution in [2.45, 2.75) is 19.9 Å². The van der Waals surface area contributed by atoms with Crippen LogP contribution in [0.1, 0.15) is 60.3 Å². The first-order chi connectivity index (χ1) is 17.4. The number of carbonyl (C=O) groups is 4. The Labute approximate surface area is 208 Å². The van der Waals surface area contributed by atoms with Gasteiger partial charge in [-0.2, -0.15) is 0 Å². The van der Waals surface area contributed by atoms with E-state index in [-0.39, 0.29) is 23.9 Å². The summed E-state index contributed by atoms with van der Waals surface area (Å²) in [6, 6.07) is 17.8. The third-order valence-electron chi connectivity index (χ3n) is 5.61. The fraction of sp³-hybridized carbons (Fsp3) is 0.185. The smallest absolute Gasteiger partial charge is 0.269 e. The van der Waals surface area contributed by atoms with Crippen molar-refractivity contribution in [1.29, 1.82) is 0 Å². The molecule has 0 aliphatic carbocycles. The molecule has 1 aliphatic heterocycles. The SMILES string of the molecule is CCCOc1ccc(C(=O)NNC(=O)c2ccc(CN3C(=O)c4ccccc4C3=O)cc2)cc1OC. The Morgan fingerprint density at radius 3 is 1.97 bits per heavy atom. The summed E-state index contributed by atoms with van der Waals surface area (Å²) in [5, 5.41) is 0. The highest BCUT2D eigenvalue weighted by molar-refractivity contribution is 6.21. The third-order valence-corrected chi connectivity index (χ3v) is 5.61. The highest BCUT2D eigenvalue weighted by Crippen LogP contribution is 2.28. The lowest BCUT2D eigenvalue weighted by atomic mass is 10.1. The van der Waals surface area contributed by atoms with Crippen molar-refractivity contribution in [3.05, 3.63) is 94.5 Å². The van der Waals surface area contributed by atoms with Gasteiger partial charge in [0.2, 0.25) is 0 Å². The van der Waals surface area contributed by atoms with Crippen LogP contribution in [-0.2, 0) is 6.54 Å². The summed E-state index contributed by atoms with van der Waals surface area (Å²) in [5.41, 5.74) is 6.78. The van der Waals surface area contributed by atoms with E-state index in [0.29, 0.717) is 40.4 Å². The number of carbonyl (C=O) groups excluding carboxylic acids is 4. The van der Waals surface area contributed by atoms with Crippen molar-refractivity contribution in [3.63, 3.8) is 0 Å². The number of imide groups is 1. The molecule has 0 spiro atoms. The van der Waals surface area contributed by atoms with E-state index < -0.39 is 11.8 Å². The summed E-state index contributed by atoms with van der Waals surface area (Å²) in [5.74, 6) is -0.794. The summed E-state index contributed by atoms with van der Waals surface area (Å²) in [7, 11) is 1.48. The number of methoxy groups -OCH3 is 1. The van der Waals surface area contributed by atoms with Gasteiger partial charge in [0.1, 0.15) is 0 Å². The zero-order chi connectivity index (χ0) is 25.7. The Kier molecular flexibility index (Phi) is 7.29. The van der Waals surface area contributed by atoms with Crippen molar-refractivity contribution in [1.82, 2.24) is 15.8 Å². The van der Waals surface area contributed by atoms with E-state index in [1.54, 1.807) is 60.7 Å². The second-order valence-electron chi connectivity index (χ2n) is 8.06. The predicted octanol–water partition coefficient (Wildman–Crippen LogP) is 3.36. The van der Waals surface area contributed by atoms with Crippen molar-refractivity contribution < 1.29 is 28.7 Å². The molecule has 36 heavy (non-hydrogen) atoms. The summed E-state index contributed by atoms with van der Waals surface area (Å²) in [6.45, 7) is 2.60. The molecule has 0 fully saturated rings. The number of fused-ring (bicyclic) bond motifs is 1. The molecular formula is C27H25N3O6. The Bertz CT molecular complexity index is 1280. The molecule has 9 heteroatoms. The monoisotopic (exact) mass is 487 g/mol. The van der Waals surface area contributed by atoms with Crippen molar-refractivity contribution in [2.75, 3.05) is 13.7 Å². The Morgan fingerprint density at radius 2 is 1.39 bits per heavy atom. The van der Waals surface area contributed by atoms with Crippen LogP contribution in [0.15, 0.2) is 66.7 Å². The van der Waals surface area contributed by atoms with Crippen LogP contribution in [0.4, 0.5) is 0 Å². The minimum Gasteiger partial charge on any atom is -0.493 e. The van der Waals surface area contributed by atoms with Crippen LogP contribution in [0.3, 0.4) is 0 Å². The van der Waals surface area contributed by atoms with Gasteiger partial charge in [-0.25, -0.2) is 0 Å². The van der Waals surface area contributed by atoms with E-state index in [4.69, 9.17) is 9.47 Å². The number of nitrogens with one attached hydrogen (secondary N) is 2. The number of amides is 4. The van der Waals surface area contributed by atoms with Gasteiger partial charge < -0.3 is 9.47 Å². The zero-order valence-corrected chi connectivity index (χ0v) is 19.9. The number of hydrogen-bond donors (Lipinski definition) is 2. The van der Waals surface area contributed by atoms with Gasteiger partial charge in [0, 0.05) is 11.1 Å². The van der Waals surface area contributed by atoms with Crippen LogP contribution in [0.25, 0.3) is 0 Å². The Balaban J connectivity index is 1.34. The lowest BCUT2D eigenvalue weighted by Gasteiger charge is -2.14. The quantitative estimate of drug-likeness (QED) is 0.372. The van der Waals surface area contributed by atoms with Crippen molar-refractivity contribution >= 4 is 23.6 Å². The second-order valence-corrected chi connectivity index (χ2v) is 8.06. The largest absolute Gasteiger partial charge is 0.493 e. The second kappa shape index (κ2) is 10.7. The van der Waals surface area contributed by atoms with Gasteiger partial charge in [0.25, 0.3) is 23.6 Å². The highest BCUT2D eigenvalue weighted by Gasteiger charge is 2.34. The molecule has 0 saturated heterocycles. The first-order valence-corrected chi connectivity index (χ1v) is 11.4. The third kappa shape index (κ3) is 5.05. The van der Waals surface area contributed by atoms with Crippen LogP contribution in [-0.4, -0.2) is 42.2 Å². The number of rotatable bonds is 8. The minimum atomic E-state index is -0.523. The molecular weight excluding hydrogens is 462 g/mol. The topological polar surface area (TPSA) is 114 Å². The van der Waals surface area contributed by atoms with E-state index in [0.717, 1.165) is 6.42 Å². The summed E-state index contributed by atoms with van der Waals surface area (Å²) < 4.78 is 10.9. The maximum atomic E-state index is 12.5. The fourth-order valence-electron chi connectivity index (χ4n) is 3.72. The standard InChI is InChI=1S/C27H25N3O6/c1-3-14-36-22-13-12-19(15-23(22)35-2)25(32)29-28-24(31)18-10-8-17(9-11-18)16-30-26(33)20-6-4-5-7-21(20)27(30)34/h4-13,15H,3,14,16H2,1-2H3,(H,28,31)(H,29,32).